The summed E-state index contributed by atoms with van der Waals surface area (Å²) in [6.07, 6.45) is 3.67. The van der Waals surface area contributed by atoms with Crippen molar-refractivity contribution in [1.82, 2.24) is 5.16 Å². The maximum Gasteiger partial charge on any atom is 0.138 e. The third kappa shape index (κ3) is 3.60. The number of anilines is 1. The molecule has 0 radical (unpaired) electrons. The molecule has 0 saturated carbocycles. The molecule has 0 saturated heterocycles. The van der Waals surface area contributed by atoms with Gasteiger partial charge in [0.25, 0.3) is 0 Å². The fraction of sp³-hybridized carbons (Fsp3) is 0.438. The molecule has 2 aromatic rings. The number of aromatic nitrogens is 1. The van der Waals surface area contributed by atoms with Gasteiger partial charge in [0.2, 0.25) is 0 Å². The van der Waals surface area contributed by atoms with E-state index in [4.69, 9.17) is 4.52 Å². The zero-order valence-electron chi connectivity index (χ0n) is 12.0. The average molecular weight is 258 g/mol. The number of nitrogens with zero attached hydrogens (tertiary/aromatic N) is 1. The van der Waals surface area contributed by atoms with Crippen LogP contribution in [0.3, 0.4) is 0 Å². The summed E-state index contributed by atoms with van der Waals surface area (Å²) in [6, 6.07) is 8.68. The summed E-state index contributed by atoms with van der Waals surface area (Å²) in [5.41, 5.74) is 4.66. The summed E-state index contributed by atoms with van der Waals surface area (Å²) in [6.45, 7) is 6.90. The molecule has 0 aliphatic heterocycles. The number of unbranched alkanes of at least 4 members (excludes halogenated alkanes) is 1. The molecule has 1 aromatic heterocycles. The maximum atomic E-state index is 5.16. The molecule has 0 aliphatic carbocycles. The van der Waals surface area contributed by atoms with Gasteiger partial charge in [-0.25, -0.2) is 0 Å². The molecule has 3 heteroatoms. The first-order chi connectivity index (χ1) is 9.20. The molecule has 0 unspecified atom stereocenters. The second-order valence-corrected chi connectivity index (χ2v) is 4.96. The Balaban J connectivity index is 1.93. The third-order valence-electron chi connectivity index (χ3n) is 3.42. The van der Waals surface area contributed by atoms with Crippen LogP contribution in [0.15, 0.2) is 28.8 Å². The largest absolute Gasteiger partial charge is 0.381 e. The van der Waals surface area contributed by atoms with Gasteiger partial charge in [-0.05, 0) is 44.4 Å². The van der Waals surface area contributed by atoms with Gasteiger partial charge in [0, 0.05) is 17.8 Å². The standard InChI is InChI=1S/C16H22N2O/c1-4-5-6-14-7-9-15(10-8-14)17-11-16-12(2)18-19-13(16)3/h7-10,17H,4-6,11H2,1-3H3. The van der Waals surface area contributed by atoms with Crippen LogP contribution >= 0.6 is 0 Å². The van der Waals surface area contributed by atoms with Crippen molar-refractivity contribution in [2.45, 2.75) is 46.6 Å². The normalized spacial score (nSPS) is 10.7. The van der Waals surface area contributed by atoms with Crippen LogP contribution in [-0.4, -0.2) is 5.16 Å². The lowest BCUT2D eigenvalue weighted by Gasteiger charge is -2.07. The van der Waals surface area contributed by atoms with Gasteiger partial charge in [0.05, 0.1) is 5.69 Å². The molecule has 0 spiro atoms. The highest BCUT2D eigenvalue weighted by molar-refractivity contribution is 5.45. The Morgan fingerprint density at radius 3 is 2.47 bits per heavy atom. The Bertz CT molecular complexity index is 495. The van der Waals surface area contributed by atoms with Gasteiger partial charge in [-0.1, -0.05) is 30.6 Å². The molecule has 0 amide bonds. The van der Waals surface area contributed by atoms with Crippen LogP contribution in [0.5, 0.6) is 0 Å². The van der Waals surface area contributed by atoms with Crippen LogP contribution in [-0.2, 0) is 13.0 Å². The Morgan fingerprint density at radius 2 is 1.89 bits per heavy atom. The number of benzene rings is 1. The Hall–Kier alpha value is -1.77. The fourth-order valence-electron chi connectivity index (χ4n) is 2.11. The molecular weight excluding hydrogens is 236 g/mol. The van der Waals surface area contributed by atoms with Crippen molar-refractivity contribution in [2.75, 3.05) is 5.32 Å². The van der Waals surface area contributed by atoms with Crippen LogP contribution in [0.4, 0.5) is 5.69 Å². The van der Waals surface area contributed by atoms with Gasteiger partial charge in [0.1, 0.15) is 5.76 Å². The smallest absolute Gasteiger partial charge is 0.138 e. The highest BCUT2D eigenvalue weighted by atomic mass is 16.5. The molecule has 0 bridgehead atoms. The average Bonchev–Trinajstić information content (AvgIpc) is 2.75. The van der Waals surface area contributed by atoms with Crippen molar-refractivity contribution >= 4 is 5.69 Å². The zero-order chi connectivity index (χ0) is 13.7. The monoisotopic (exact) mass is 258 g/mol. The van der Waals surface area contributed by atoms with Gasteiger partial charge in [-0.2, -0.15) is 0 Å². The van der Waals surface area contributed by atoms with E-state index in [1.54, 1.807) is 0 Å². The Labute approximate surface area is 115 Å². The van der Waals surface area contributed by atoms with Crippen LogP contribution < -0.4 is 5.32 Å². The second-order valence-electron chi connectivity index (χ2n) is 4.96. The number of hydrogen-bond acceptors (Lipinski definition) is 3. The topological polar surface area (TPSA) is 38.1 Å². The molecule has 19 heavy (non-hydrogen) atoms. The molecule has 3 nitrogen and oxygen atoms in total. The van der Waals surface area contributed by atoms with Crippen molar-refractivity contribution < 1.29 is 4.52 Å². The third-order valence-corrected chi connectivity index (χ3v) is 3.42. The highest BCUT2D eigenvalue weighted by Gasteiger charge is 2.07. The predicted molar refractivity (Wildman–Crippen MR) is 78.4 cm³/mol. The Morgan fingerprint density at radius 1 is 1.16 bits per heavy atom. The van der Waals surface area contributed by atoms with Crippen LogP contribution in [0, 0.1) is 13.8 Å². The van der Waals surface area contributed by atoms with Crippen molar-refractivity contribution in [2.24, 2.45) is 0 Å². The van der Waals surface area contributed by atoms with E-state index < -0.39 is 0 Å². The molecule has 1 N–H and O–H groups in total. The quantitative estimate of drug-likeness (QED) is 0.842. The molecule has 102 valence electrons. The summed E-state index contributed by atoms with van der Waals surface area (Å²) in [5, 5.41) is 7.37. The van der Waals surface area contributed by atoms with Crippen LogP contribution in [0.2, 0.25) is 0 Å². The lowest BCUT2D eigenvalue weighted by Crippen LogP contribution is -2.01. The van der Waals surface area contributed by atoms with Crippen molar-refractivity contribution in [3.05, 3.63) is 46.8 Å². The van der Waals surface area contributed by atoms with Gasteiger partial charge in [-0.15, -0.1) is 0 Å². The first kappa shape index (κ1) is 13.7. The lowest BCUT2D eigenvalue weighted by molar-refractivity contribution is 0.392. The van der Waals surface area contributed by atoms with E-state index in [0.717, 1.165) is 29.2 Å². The van der Waals surface area contributed by atoms with E-state index in [-0.39, 0.29) is 0 Å². The van der Waals surface area contributed by atoms with Gasteiger partial charge in [-0.3, -0.25) is 0 Å². The molecule has 0 aliphatic rings. The second kappa shape index (κ2) is 6.41. The van der Waals surface area contributed by atoms with E-state index in [1.807, 2.05) is 13.8 Å². The Kier molecular flexibility index (Phi) is 4.61. The fourth-order valence-corrected chi connectivity index (χ4v) is 2.11. The summed E-state index contributed by atoms with van der Waals surface area (Å²) in [7, 11) is 0. The summed E-state index contributed by atoms with van der Waals surface area (Å²) in [5.74, 6) is 0.893. The number of rotatable bonds is 6. The van der Waals surface area contributed by atoms with Crippen molar-refractivity contribution in [1.29, 1.82) is 0 Å². The first-order valence-electron chi connectivity index (χ1n) is 6.95. The van der Waals surface area contributed by atoms with E-state index in [0.29, 0.717) is 0 Å². The lowest BCUT2D eigenvalue weighted by atomic mass is 10.1. The molecule has 0 atom stereocenters. The van der Waals surface area contributed by atoms with Crippen LogP contribution in [0.25, 0.3) is 0 Å². The van der Waals surface area contributed by atoms with Crippen molar-refractivity contribution in [3.63, 3.8) is 0 Å². The summed E-state index contributed by atoms with van der Waals surface area (Å²) < 4.78 is 5.16. The maximum absolute atomic E-state index is 5.16. The minimum absolute atomic E-state index is 0.759. The molecular formula is C16H22N2O. The number of nitrogens with one attached hydrogen (secondary N) is 1. The van der Waals surface area contributed by atoms with Gasteiger partial charge >= 0.3 is 0 Å². The molecule has 2 rings (SSSR count). The SMILES string of the molecule is CCCCc1ccc(NCc2c(C)noc2C)cc1. The molecule has 0 fully saturated rings. The summed E-state index contributed by atoms with van der Waals surface area (Å²) >= 11 is 0. The highest BCUT2D eigenvalue weighted by Crippen LogP contribution is 2.16. The van der Waals surface area contributed by atoms with Gasteiger partial charge < -0.3 is 9.84 Å². The van der Waals surface area contributed by atoms with E-state index in [2.05, 4.69) is 41.7 Å². The van der Waals surface area contributed by atoms with E-state index >= 15 is 0 Å². The molecule has 1 aromatic carbocycles. The number of hydrogen-bond donors (Lipinski definition) is 1. The molecule has 1 heterocycles. The zero-order valence-corrected chi connectivity index (χ0v) is 12.0. The predicted octanol–water partition coefficient (Wildman–Crippen LogP) is 4.25. The van der Waals surface area contributed by atoms with Gasteiger partial charge in [0.15, 0.2) is 0 Å². The first-order valence-corrected chi connectivity index (χ1v) is 6.95. The van der Waals surface area contributed by atoms with Crippen molar-refractivity contribution in [3.8, 4) is 0 Å². The van der Waals surface area contributed by atoms with E-state index in [1.165, 1.54) is 24.8 Å². The van der Waals surface area contributed by atoms with E-state index in [9.17, 15) is 0 Å². The minimum Gasteiger partial charge on any atom is -0.381 e. The van der Waals surface area contributed by atoms with Crippen LogP contribution in [0.1, 0.15) is 42.3 Å². The minimum atomic E-state index is 0.759. The number of aryl methyl sites for hydroxylation is 3. The summed E-state index contributed by atoms with van der Waals surface area (Å²) in [4.78, 5) is 0.